The Morgan fingerprint density at radius 2 is 0.947 bits per heavy atom. The van der Waals surface area contributed by atoms with Crippen molar-refractivity contribution in [1.82, 2.24) is 0 Å². The van der Waals surface area contributed by atoms with Crippen LogP contribution in [0, 0.1) is 0 Å². The van der Waals surface area contributed by atoms with E-state index in [9.17, 15) is 19.0 Å². The zero-order valence-corrected chi connectivity index (χ0v) is 38.4. The van der Waals surface area contributed by atoms with E-state index >= 15 is 0 Å². The largest absolute Gasteiger partial charge is 0.756 e. The maximum absolute atomic E-state index is 12.7. The number of carbonyl (C=O) groups excluding carboxylic acids is 2. The molecule has 2 atom stereocenters. The molecule has 0 aromatic carbocycles. The lowest BCUT2D eigenvalue weighted by molar-refractivity contribution is -0.870. The Kier molecular flexibility index (Phi) is 38.4. The number of esters is 2. The highest BCUT2D eigenvalue weighted by atomic mass is 31.2. The summed E-state index contributed by atoms with van der Waals surface area (Å²) in [6, 6.07) is 0. The minimum atomic E-state index is -4.63. The summed E-state index contributed by atoms with van der Waals surface area (Å²) in [4.78, 5) is 37.6. The zero-order valence-electron chi connectivity index (χ0n) is 37.5. The number of carbonyl (C=O) groups is 2. The molecular formula is C47H88NO8P. The predicted molar refractivity (Wildman–Crippen MR) is 236 cm³/mol. The van der Waals surface area contributed by atoms with Crippen LogP contribution in [0.25, 0.3) is 0 Å². The molecule has 0 saturated carbocycles. The van der Waals surface area contributed by atoms with Crippen LogP contribution in [0.1, 0.15) is 200 Å². The number of rotatable bonds is 42. The lowest BCUT2D eigenvalue weighted by Gasteiger charge is -2.28. The second-order valence-electron chi connectivity index (χ2n) is 16.8. The molecule has 0 bridgehead atoms. The Bertz CT molecular complexity index is 1070. The fraction of sp³-hybridized carbons (Fsp3) is 0.830. The molecule has 2 unspecified atom stereocenters. The van der Waals surface area contributed by atoms with Gasteiger partial charge in [0.1, 0.15) is 19.8 Å². The second-order valence-corrected chi connectivity index (χ2v) is 18.2. The van der Waals surface area contributed by atoms with Crippen LogP contribution < -0.4 is 4.89 Å². The van der Waals surface area contributed by atoms with Crippen LogP contribution in [0.2, 0.25) is 0 Å². The van der Waals surface area contributed by atoms with Gasteiger partial charge in [-0.15, -0.1) is 0 Å². The maximum Gasteiger partial charge on any atom is 0.306 e. The number of unbranched alkanes of at least 4 members (excludes halogenated alkanes) is 22. The second kappa shape index (κ2) is 39.7. The van der Waals surface area contributed by atoms with E-state index in [-0.39, 0.29) is 26.1 Å². The van der Waals surface area contributed by atoms with Gasteiger partial charge in [0.05, 0.1) is 27.7 Å². The fourth-order valence-corrected chi connectivity index (χ4v) is 6.94. The number of ether oxygens (including phenoxy) is 2. The van der Waals surface area contributed by atoms with E-state index in [1.807, 2.05) is 21.1 Å². The lowest BCUT2D eigenvalue weighted by Crippen LogP contribution is -2.37. The number of phosphoric ester groups is 1. The minimum Gasteiger partial charge on any atom is -0.756 e. The van der Waals surface area contributed by atoms with Crippen LogP contribution >= 0.6 is 7.82 Å². The molecule has 10 heteroatoms. The Morgan fingerprint density at radius 3 is 1.42 bits per heavy atom. The first kappa shape index (κ1) is 55.2. The Balaban J connectivity index is 4.35. The molecule has 0 saturated heterocycles. The number of allylic oxidation sites excluding steroid dienone is 6. The molecule has 0 rings (SSSR count). The normalized spacial score (nSPS) is 13.9. The fourth-order valence-electron chi connectivity index (χ4n) is 6.21. The number of phosphoric acid groups is 1. The van der Waals surface area contributed by atoms with Crippen LogP contribution in [0.3, 0.4) is 0 Å². The number of hydrogen-bond donors (Lipinski definition) is 0. The van der Waals surface area contributed by atoms with Crippen molar-refractivity contribution < 1.29 is 42.1 Å². The molecule has 0 aliphatic carbocycles. The summed E-state index contributed by atoms with van der Waals surface area (Å²) in [6.07, 6.45) is 44.5. The van der Waals surface area contributed by atoms with Gasteiger partial charge in [-0.25, -0.2) is 0 Å². The van der Waals surface area contributed by atoms with Crippen molar-refractivity contribution in [2.24, 2.45) is 0 Å². The van der Waals surface area contributed by atoms with E-state index in [4.69, 9.17) is 18.5 Å². The smallest absolute Gasteiger partial charge is 0.306 e. The Hall–Kier alpha value is -1.77. The highest BCUT2D eigenvalue weighted by Gasteiger charge is 2.21. The van der Waals surface area contributed by atoms with Gasteiger partial charge in [0.2, 0.25) is 0 Å². The van der Waals surface area contributed by atoms with E-state index in [1.54, 1.807) is 0 Å². The van der Waals surface area contributed by atoms with Crippen LogP contribution in [0.4, 0.5) is 0 Å². The molecule has 0 N–H and O–H groups in total. The molecule has 0 amide bonds. The molecule has 0 aromatic rings. The third kappa shape index (κ3) is 43.6. The molecule has 0 fully saturated rings. The Labute approximate surface area is 351 Å². The van der Waals surface area contributed by atoms with Gasteiger partial charge < -0.3 is 27.9 Å². The monoisotopic (exact) mass is 826 g/mol. The first-order valence-electron chi connectivity index (χ1n) is 23.2. The maximum atomic E-state index is 12.7. The van der Waals surface area contributed by atoms with Gasteiger partial charge in [-0.2, -0.15) is 0 Å². The van der Waals surface area contributed by atoms with E-state index in [2.05, 4.69) is 50.3 Å². The molecule has 0 aliphatic rings. The zero-order chi connectivity index (χ0) is 42.1. The summed E-state index contributed by atoms with van der Waals surface area (Å²) in [7, 11) is 1.16. The van der Waals surface area contributed by atoms with E-state index in [0.29, 0.717) is 17.4 Å². The van der Waals surface area contributed by atoms with Crippen molar-refractivity contribution in [3.63, 3.8) is 0 Å². The molecule has 0 radical (unpaired) electrons. The van der Waals surface area contributed by atoms with Crippen LogP contribution in [-0.2, 0) is 32.7 Å². The molecule has 0 heterocycles. The first-order chi connectivity index (χ1) is 27.5. The predicted octanol–water partition coefficient (Wildman–Crippen LogP) is 12.7. The van der Waals surface area contributed by atoms with Crippen LogP contribution in [-0.4, -0.2) is 70.0 Å². The summed E-state index contributed by atoms with van der Waals surface area (Å²) >= 11 is 0. The molecule has 9 nitrogen and oxygen atoms in total. The highest BCUT2D eigenvalue weighted by Crippen LogP contribution is 2.38. The quantitative estimate of drug-likeness (QED) is 0.0197. The average Bonchev–Trinajstić information content (AvgIpc) is 3.16. The number of quaternary nitrogens is 1. The van der Waals surface area contributed by atoms with E-state index in [1.165, 1.54) is 96.3 Å². The van der Waals surface area contributed by atoms with Gasteiger partial charge in [-0.3, -0.25) is 14.2 Å². The average molecular weight is 826 g/mol. The van der Waals surface area contributed by atoms with E-state index < -0.39 is 32.5 Å². The molecule has 0 spiro atoms. The van der Waals surface area contributed by atoms with Gasteiger partial charge in [-0.1, -0.05) is 153 Å². The summed E-state index contributed by atoms with van der Waals surface area (Å²) in [5.74, 6) is -0.850. The van der Waals surface area contributed by atoms with Crippen molar-refractivity contribution in [2.45, 2.75) is 206 Å². The van der Waals surface area contributed by atoms with Crippen molar-refractivity contribution in [1.29, 1.82) is 0 Å². The number of hydrogen-bond acceptors (Lipinski definition) is 8. The van der Waals surface area contributed by atoms with E-state index in [0.717, 1.165) is 70.6 Å². The molecule has 334 valence electrons. The van der Waals surface area contributed by atoms with Gasteiger partial charge in [0.25, 0.3) is 7.82 Å². The van der Waals surface area contributed by atoms with Gasteiger partial charge in [0.15, 0.2) is 6.10 Å². The van der Waals surface area contributed by atoms with Gasteiger partial charge in [-0.05, 0) is 70.6 Å². The van der Waals surface area contributed by atoms with Crippen LogP contribution in [0.5, 0.6) is 0 Å². The molecular weight excluding hydrogens is 737 g/mol. The van der Waals surface area contributed by atoms with Crippen LogP contribution in [0.15, 0.2) is 36.5 Å². The van der Waals surface area contributed by atoms with Crippen molar-refractivity contribution in [2.75, 3.05) is 47.5 Å². The highest BCUT2D eigenvalue weighted by molar-refractivity contribution is 7.45. The minimum absolute atomic E-state index is 0.0338. The topological polar surface area (TPSA) is 111 Å². The van der Waals surface area contributed by atoms with Crippen molar-refractivity contribution in [3.8, 4) is 0 Å². The van der Waals surface area contributed by atoms with Crippen molar-refractivity contribution >= 4 is 19.8 Å². The summed E-state index contributed by atoms with van der Waals surface area (Å²) in [5, 5.41) is 0. The summed E-state index contributed by atoms with van der Waals surface area (Å²) in [6.45, 7) is 4.19. The molecule has 0 aromatic heterocycles. The lowest BCUT2D eigenvalue weighted by atomic mass is 10.1. The van der Waals surface area contributed by atoms with Crippen molar-refractivity contribution in [3.05, 3.63) is 36.5 Å². The third-order valence-electron chi connectivity index (χ3n) is 9.88. The number of likely N-dealkylation sites (N-methyl/N-ethyl adjacent to an activating group) is 1. The third-order valence-corrected chi connectivity index (χ3v) is 10.8. The first-order valence-corrected chi connectivity index (χ1v) is 24.7. The Morgan fingerprint density at radius 1 is 0.544 bits per heavy atom. The van der Waals surface area contributed by atoms with Gasteiger partial charge >= 0.3 is 11.9 Å². The summed E-state index contributed by atoms with van der Waals surface area (Å²) in [5.41, 5.74) is 0. The molecule has 57 heavy (non-hydrogen) atoms. The SMILES string of the molecule is CCCCCC/C=C\C/C=C\CCCCCCCCCC(=O)OC(COC(=O)CCCCCCC/C=C\CCCCCCCC)COP(=O)([O-])OCC[N+](C)(C)C. The summed E-state index contributed by atoms with van der Waals surface area (Å²) < 4.78 is 33.9. The standard InChI is InChI=1S/C47H88NO8P/c1-6-8-10-12-14-16-18-20-22-23-24-26-28-30-32-34-36-38-40-47(50)56-45(44-55-57(51,52)54-42-41-48(3,4)5)43-53-46(49)39-37-35-33-31-29-27-25-21-19-17-15-13-11-9-7-2/h16,18,21-23,25,45H,6-15,17,19-20,24,26-44H2,1-5H3/b18-16-,23-22-,25-21-. The van der Waals surface area contributed by atoms with Gasteiger partial charge in [0, 0.05) is 12.8 Å². The molecule has 0 aliphatic heterocycles. The number of nitrogens with zero attached hydrogens (tertiary/aromatic N) is 1.